The van der Waals surface area contributed by atoms with E-state index in [1.807, 2.05) is 7.05 Å². The Hall–Kier alpha value is -1.34. The van der Waals surface area contributed by atoms with Crippen molar-refractivity contribution < 1.29 is 19.4 Å². The first kappa shape index (κ1) is 19.0. The lowest BCUT2D eigenvalue weighted by atomic mass is 9.75. The maximum Gasteiger partial charge on any atom is 0.329 e. The molecular formula is C17H29N3O4. The second-order valence-corrected chi connectivity index (χ2v) is 6.85. The fourth-order valence-electron chi connectivity index (χ4n) is 3.74. The first-order chi connectivity index (χ1) is 11.6. The fourth-order valence-corrected chi connectivity index (χ4v) is 3.74. The van der Waals surface area contributed by atoms with E-state index in [0.717, 1.165) is 51.4 Å². The van der Waals surface area contributed by atoms with Crippen LogP contribution in [-0.2, 0) is 14.3 Å². The number of Topliss-reactive ketones (excluding diaryl/α,β-unsaturated/α-hetero) is 1. The molecule has 2 rings (SSSR count). The quantitative estimate of drug-likeness (QED) is 0.661. The highest BCUT2D eigenvalue weighted by molar-refractivity contribution is 5.83. The van der Waals surface area contributed by atoms with E-state index < -0.39 is 5.97 Å². The van der Waals surface area contributed by atoms with Gasteiger partial charge in [-0.25, -0.2) is 4.79 Å². The Morgan fingerprint density at radius 3 is 2.17 bits per heavy atom. The third-order valence-electron chi connectivity index (χ3n) is 5.09. The Bertz CT molecular complexity index is 439. The van der Waals surface area contributed by atoms with Crippen LogP contribution in [0.1, 0.15) is 51.4 Å². The van der Waals surface area contributed by atoms with E-state index in [1.54, 1.807) is 0 Å². The van der Waals surface area contributed by atoms with E-state index in [-0.39, 0.29) is 30.6 Å². The second-order valence-electron chi connectivity index (χ2n) is 6.85. The van der Waals surface area contributed by atoms with E-state index in [2.05, 4.69) is 15.5 Å². The molecule has 2 saturated carbocycles. The molecule has 0 radical (unpaired) electrons. The summed E-state index contributed by atoms with van der Waals surface area (Å²) in [5.74, 6) is -0.237. The van der Waals surface area contributed by atoms with E-state index in [1.165, 1.54) is 0 Å². The lowest BCUT2D eigenvalue weighted by Gasteiger charge is -2.32. The van der Waals surface area contributed by atoms with E-state index in [4.69, 9.17) is 9.84 Å². The topological polar surface area (TPSA) is 100 Å². The van der Waals surface area contributed by atoms with Crippen molar-refractivity contribution in [3.63, 3.8) is 0 Å². The summed E-state index contributed by atoms with van der Waals surface area (Å²) < 4.78 is 5.34. The van der Waals surface area contributed by atoms with Crippen molar-refractivity contribution in [3.05, 3.63) is 0 Å². The third kappa shape index (κ3) is 5.94. The minimum absolute atomic E-state index is 0.00604. The lowest BCUT2D eigenvalue weighted by Crippen LogP contribution is -2.33. The predicted octanol–water partition coefficient (Wildman–Crippen LogP) is 2.40. The van der Waals surface area contributed by atoms with Crippen LogP contribution < -0.4 is 5.32 Å². The zero-order chi connectivity index (χ0) is 17.4. The molecule has 0 aromatic rings. The summed E-state index contributed by atoms with van der Waals surface area (Å²) >= 11 is 0. The van der Waals surface area contributed by atoms with Crippen LogP contribution in [0.25, 0.3) is 0 Å². The number of carboxylic acid groups (broad SMARTS) is 1. The van der Waals surface area contributed by atoms with Gasteiger partial charge in [0.2, 0.25) is 0 Å². The normalized spacial score (nSPS) is 31.2. The first-order valence-corrected chi connectivity index (χ1v) is 8.98. The van der Waals surface area contributed by atoms with Crippen molar-refractivity contribution in [2.45, 2.75) is 63.5 Å². The third-order valence-corrected chi connectivity index (χ3v) is 5.09. The molecule has 0 amide bonds. The molecule has 0 atom stereocenters. The van der Waals surface area contributed by atoms with Gasteiger partial charge in [-0.1, -0.05) is 0 Å². The standard InChI is InChI=1S/C17H29N3O4/c1-18-11-19-20-14-6-2-12(3-7-14)17(23)13-4-8-15(9-5-13)24-10-16(21)22/h12-15,18H,2-11H2,1H3,(H,21,22). The number of ether oxygens (including phenoxy) is 1. The summed E-state index contributed by atoms with van der Waals surface area (Å²) in [5.41, 5.74) is 0. The largest absolute Gasteiger partial charge is 0.480 e. The number of aliphatic carboxylic acids is 1. The zero-order valence-corrected chi connectivity index (χ0v) is 14.4. The van der Waals surface area contributed by atoms with Crippen LogP contribution in [0.3, 0.4) is 0 Å². The van der Waals surface area contributed by atoms with Crippen LogP contribution in [0.15, 0.2) is 10.2 Å². The van der Waals surface area contributed by atoms with Gasteiger partial charge in [0.15, 0.2) is 0 Å². The number of ketones is 1. The Kier molecular flexibility index (Phi) is 7.78. The molecule has 0 aliphatic heterocycles. The lowest BCUT2D eigenvalue weighted by molar-refractivity contribution is -0.146. The van der Waals surface area contributed by atoms with Gasteiger partial charge in [0.1, 0.15) is 19.1 Å². The number of nitrogens with zero attached hydrogens (tertiary/aromatic N) is 2. The molecule has 0 saturated heterocycles. The molecule has 0 unspecified atom stereocenters. The molecule has 0 spiro atoms. The number of nitrogens with one attached hydrogen (secondary N) is 1. The minimum Gasteiger partial charge on any atom is -0.480 e. The Morgan fingerprint density at radius 2 is 1.62 bits per heavy atom. The van der Waals surface area contributed by atoms with Crippen LogP contribution in [-0.4, -0.2) is 49.3 Å². The predicted molar refractivity (Wildman–Crippen MR) is 88.9 cm³/mol. The molecule has 2 aliphatic carbocycles. The molecule has 2 fully saturated rings. The molecule has 2 aliphatic rings. The second kappa shape index (κ2) is 9.84. The molecule has 24 heavy (non-hydrogen) atoms. The van der Waals surface area contributed by atoms with Gasteiger partial charge in [-0.05, 0) is 58.4 Å². The van der Waals surface area contributed by atoms with Crippen molar-refractivity contribution in [1.29, 1.82) is 0 Å². The van der Waals surface area contributed by atoms with Crippen LogP contribution >= 0.6 is 0 Å². The Morgan fingerprint density at radius 1 is 1.04 bits per heavy atom. The van der Waals surface area contributed by atoms with Crippen molar-refractivity contribution in [2.24, 2.45) is 22.1 Å². The van der Waals surface area contributed by atoms with Crippen LogP contribution in [0.2, 0.25) is 0 Å². The van der Waals surface area contributed by atoms with Crippen molar-refractivity contribution in [2.75, 3.05) is 20.3 Å². The van der Waals surface area contributed by atoms with Gasteiger partial charge < -0.3 is 9.84 Å². The monoisotopic (exact) mass is 339 g/mol. The zero-order valence-electron chi connectivity index (χ0n) is 14.4. The first-order valence-electron chi connectivity index (χ1n) is 8.98. The Balaban J connectivity index is 1.69. The van der Waals surface area contributed by atoms with E-state index in [0.29, 0.717) is 12.5 Å². The van der Waals surface area contributed by atoms with Crippen molar-refractivity contribution in [1.82, 2.24) is 5.32 Å². The molecular weight excluding hydrogens is 310 g/mol. The average Bonchev–Trinajstić information content (AvgIpc) is 2.60. The van der Waals surface area contributed by atoms with Gasteiger partial charge in [-0.2, -0.15) is 10.2 Å². The van der Waals surface area contributed by atoms with Crippen molar-refractivity contribution >= 4 is 11.8 Å². The molecule has 0 aromatic carbocycles. The van der Waals surface area contributed by atoms with E-state index in [9.17, 15) is 9.59 Å². The summed E-state index contributed by atoms with van der Waals surface area (Å²) in [6, 6.07) is 0.266. The summed E-state index contributed by atoms with van der Waals surface area (Å²) in [6.45, 7) is 0.307. The van der Waals surface area contributed by atoms with Crippen LogP contribution in [0, 0.1) is 11.8 Å². The summed E-state index contributed by atoms with van der Waals surface area (Å²) in [5, 5.41) is 20.0. The fraction of sp³-hybridized carbons (Fsp3) is 0.882. The molecule has 0 aromatic heterocycles. The number of carbonyl (C=O) groups is 2. The summed E-state index contributed by atoms with van der Waals surface area (Å²) in [4.78, 5) is 23.2. The Labute approximate surface area is 143 Å². The molecule has 7 nitrogen and oxygen atoms in total. The highest BCUT2D eigenvalue weighted by atomic mass is 16.5. The van der Waals surface area contributed by atoms with Gasteiger partial charge in [0, 0.05) is 11.8 Å². The number of azo groups is 1. The molecule has 136 valence electrons. The number of carbonyl (C=O) groups excluding carboxylic acids is 1. The van der Waals surface area contributed by atoms with Gasteiger partial charge in [-0.15, -0.1) is 0 Å². The number of carboxylic acids is 1. The number of hydrogen-bond donors (Lipinski definition) is 2. The molecule has 0 bridgehead atoms. The molecule has 7 heteroatoms. The van der Waals surface area contributed by atoms with E-state index >= 15 is 0 Å². The van der Waals surface area contributed by atoms with Gasteiger partial charge in [-0.3, -0.25) is 10.1 Å². The highest BCUT2D eigenvalue weighted by Crippen LogP contribution is 2.34. The van der Waals surface area contributed by atoms with Gasteiger partial charge >= 0.3 is 5.97 Å². The van der Waals surface area contributed by atoms with Gasteiger partial charge in [0.25, 0.3) is 0 Å². The molecule has 2 N–H and O–H groups in total. The van der Waals surface area contributed by atoms with Gasteiger partial charge in [0.05, 0.1) is 12.1 Å². The average molecular weight is 339 g/mol. The summed E-state index contributed by atoms with van der Waals surface area (Å²) in [7, 11) is 1.84. The SMILES string of the molecule is CNCN=NC1CCC(C(=O)C2CCC(OCC(=O)O)CC2)CC1. The van der Waals surface area contributed by atoms with Crippen LogP contribution in [0.4, 0.5) is 0 Å². The number of hydrogen-bond acceptors (Lipinski definition) is 6. The maximum absolute atomic E-state index is 12.7. The highest BCUT2D eigenvalue weighted by Gasteiger charge is 2.33. The molecule has 0 heterocycles. The minimum atomic E-state index is -0.933. The maximum atomic E-state index is 12.7. The van der Waals surface area contributed by atoms with Crippen LogP contribution in [0.5, 0.6) is 0 Å². The van der Waals surface area contributed by atoms with Crippen molar-refractivity contribution in [3.8, 4) is 0 Å². The number of rotatable bonds is 8. The summed E-state index contributed by atoms with van der Waals surface area (Å²) in [6.07, 6.45) is 6.94. The smallest absolute Gasteiger partial charge is 0.329 e.